The fraction of sp³-hybridized carbons (Fsp3) is 0.0417. The smallest absolute Gasteiger partial charge is 0.267 e. The van der Waals surface area contributed by atoms with Gasteiger partial charge in [0.05, 0.1) is 16.4 Å². The van der Waals surface area contributed by atoms with Crippen molar-refractivity contribution < 1.29 is 9.21 Å². The number of hydrogen-bond acceptors (Lipinski definition) is 4. The largest absolute Gasteiger partial charge is 0.457 e. The van der Waals surface area contributed by atoms with E-state index in [-0.39, 0.29) is 5.57 Å². The first-order valence-corrected chi connectivity index (χ1v) is 10.3. The van der Waals surface area contributed by atoms with Gasteiger partial charge in [-0.15, -0.1) is 0 Å². The van der Waals surface area contributed by atoms with Gasteiger partial charge >= 0.3 is 0 Å². The van der Waals surface area contributed by atoms with Crippen LogP contribution in [0.4, 0.5) is 5.82 Å². The van der Waals surface area contributed by atoms with Crippen molar-refractivity contribution in [3.05, 3.63) is 93.8 Å². The van der Waals surface area contributed by atoms with E-state index in [0.717, 1.165) is 11.4 Å². The van der Waals surface area contributed by atoms with Crippen LogP contribution in [-0.2, 0) is 4.79 Å². The summed E-state index contributed by atoms with van der Waals surface area (Å²) in [5.74, 6) is 0.670. The number of hydrogen-bond donors (Lipinski definition) is 1. The fourth-order valence-electron chi connectivity index (χ4n) is 3.09. The van der Waals surface area contributed by atoms with E-state index in [1.54, 1.807) is 41.1 Å². The van der Waals surface area contributed by atoms with Gasteiger partial charge in [0.15, 0.2) is 0 Å². The summed E-state index contributed by atoms with van der Waals surface area (Å²) in [5, 5.41) is 17.7. The van der Waals surface area contributed by atoms with Gasteiger partial charge in [-0.05, 0) is 49.4 Å². The first-order chi connectivity index (χ1) is 15.4. The molecule has 6 nitrogen and oxygen atoms in total. The second-order valence-electron chi connectivity index (χ2n) is 6.87. The van der Waals surface area contributed by atoms with E-state index < -0.39 is 5.91 Å². The number of nitriles is 1. The lowest BCUT2D eigenvalue weighted by molar-refractivity contribution is -0.112. The Hall–Kier alpha value is -3.79. The molecule has 0 aliphatic rings. The number of aromatic nitrogens is 2. The van der Waals surface area contributed by atoms with Gasteiger partial charge in [-0.3, -0.25) is 4.79 Å². The second kappa shape index (κ2) is 9.15. The number of carbonyl (C=O) groups excluding carboxylic acids is 1. The highest BCUT2D eigenvalue weighted by atomic mass is 35.5. The number of amides is 1. The Balaban J connectivity index is 1.59. The molecular weight excluding hydrogens is 447 g/mol. The van der Waals surface area contributed by atoms with Crippen molar-refractivity contribution in [3.63, 3.8) is 0 Å². The molecule has 0 fully saturated rings. The van der Waals surface area contributed by atoms with Gasteiger partial charge in [0.1, 0.15) is 29.0 Å². The summed E-state index contributed by atoms with van der Waals surface area (Å²) >= 11 is 12.3. The molecule has 4 rings (SSSR count). The van der Waals surface area contributed by atoms with Crippen molar-refractivity contribution in [2.45, 2.75) is 6.92 Å². The Kier molecular flexibility index (Phi) is 6.13. The summed E-state index contributed by atoms with van der Waals surface area (Å²) in [7, 11) is 0. The monoisotopic (exact) mass is 462 g/mol. The van der Waals surface area contributed by atoms with E-state index in [1.807, 2.05) is 43.3 Å². The summed E-state index contributed by atoms with van der Waals surface area (Å²) < 4.78 is 7.37. The van der Waals surface area contributed by atoms with Crippen molar-refractivity contribution in [2.24, 2.45) is 0 Å². The highest BCUT2D eigenvalue weighted by Crippen LogP contribution is 2.32. The molecule has 4 aromatic rings. The van der Waals surface area contributed by atoms with Crippen LogP contribution in [0.2, 0.25) is 10.0 Å². The zero-order valence-electron chi connectivity index (χ0n) is 16.8. The topological polar surface area (TPSA) is 83.9 Å². The molecule has 0 spiro atoms. The number of nitrogens with zero attached hydrogens (tertiary/aromatic N) is 3. The first-order valence-electron chi connectivity index (χ1n) is 9.55. The van der Waals surface area contributed by atoms with Crippen LogP contribution in [0.1, 0.15) is 11.5 Å². The molecule has 0 radical (unpaired) electrons. The van der Waals surface area contributed by atoms with Crippen LogP contribution in [0.5, 0.6) is 0 Å². The zero-order chi connectivity index (χ0) is 22.7. The number of anilines is 1. The summed E-state index contributed by atoms with van der Waals surface area (Å²) in [6.45, 7) is 1.82. The standard InChI is InChI=1S/C24H16Cl2N4O2/c1-15-11-23(30(29-15)18-5-3-2-4-6-18)28-24(31)16(14-27)12-19-8-10-22(32-19)20-13-17(25)7-9-21(20)26/h2-13H,1H3,(H,28,31)/b16-12+. The molecule has 2 aromatic carbocycles. The van der Waals surface area contributed by atoms with E-state index in [1.165, 1.54) is 6.08 Å². The first kappa shape index (κ1) is 21.4. The van der Waals surface area contributed by atoms with Crippen LogP contribution >= 0.6 is 23.2 Å². The molecule has 1 N–H and O–H groups in total. The third kappa shape index (κ3) is 4.59. The lowest BCUT2D eigenvalue weighted by atomic mass is 10.2. The van der Waals surface area contributed by atoms with Crippen LogP contribution in [0.25, 0.3) is 23.1 Å². The van der Waals surface area contributed by atoms with Crippen LogP contribution in [-0.4, -0.2) is 15.7 Å². The normalized spacial score (nSPS) is 11.2. The van der Waals surface area contributed by atoms with Crippen LogP contribution in [0, 0.1) is 18.3 Å². The van der Waals surface area contributed by atoms with Crippen LogP contribution in [0.15, 0.2) is 76.7 Å². The SMILES string of the molecule is Cc1cc(NC(=O)/C(C#N)=C/c2ccc(-c3cc(Cl)ccc3Cl)o2)n(-c2ccccc2)n1. The van der Waals surface area contributed by atoms with E-state index >= 15 is 0 Å². The maximum atomic E-state index is 12.8. The van der Waals surface area contributed by atoms with Gasteiger partial charge in [-0.2, -0.15) is 10.4 Å². The molecule has 32 heavy (non-hydrogen) atoms. The van der Waals surface area contributed by atoms with Crippen molar-refractivity contribution >= 4 is 41.0 Å². The number of aryl methyl sites for hydroxylation is 1. The highest BCUT2D eigenvalue weighted by molar-refractivity contribution is 6.35. The molecule has 0 aliphatic heterocycles. The van der Waals surface area contributed by atoms with E-state index in [4.69, 9.17) is 27.6 Å². The molecule has 8 heteroatoms. The average molecular weight is 463 g/mol. The Bertz CT molecular complexity index is 1360. The predicted molar refractivity (Wildman–Crippen MR) is 125 cm³/mol. The maximum absolute atomic E-state index is 12.8. The van der Waals surface area contributed by atoms with Gasteiger partial charge in [0.2, 0.25) is 0 Å². The Morgan fingerprint density at radius 3 is 2.66 bits per heavy atom. The number of halogens is 2. The van der Waals surface area contributed by atoms with Crippen LogP contribution in [0.3, 0.4) is 0 Å². The van der Waals surface area contributed by atoms with Crippen molar-refractivity contribution in [1.29, 1.82) is 5.26 Å². The Labute approximate surface area is 194 Å². The molecule has 0 unspecified atom stereocenters. The van der Waals surface area contributed by atoms with Crippen molar-refractivity contribution in [1.82, 2.24) is 9.78 Å². The van der Waals surface area contributed by atoms with Gasteiger partial charge in [-0.25, -0.2) is 4.68 Å². The molecule has 0 aliphatic carbocycles. The Morgan fingerprint density at radius 2 is 1.91 bits per heavy atom. The van der Waals surface area contributed by atoms with E-state index in [9.17, 15) is 10.1 Å². The third-order valence-electron chi connectivity index (χ3n) is 4.55. The lowest BCUT2D eigenvalue weighted by Gasteiger charge is -2.08. The minimum atomic E-state index is -0.580. The molecule has 0 saturated carbocycles. The minimum absolute atomic E-state index is 0.124. The summed E-state index contributed by atoms with van der Waals surface area (Å²) in [4.78, 5) is 12.8. The molecule has 1 amide bonds. The van der Waals surface area contributed by atoms with E-state index in [2.05, 4.69) is 10.4 Å². The van der Waals surface area contributed by atoms with Gasteiger partial charge < -0.3 is 9.73 Å². The quantitative estimate of drug-likeness (QED) is 0.278. The molecule has 0 bridgehead atoms. The molecule has 0 atom stereocenters. The lowest BCUT2D eigenvalue weighted by Crippen LogP contribution is -2.16. The molecule has 158 valence electrons. The van der Waals surface area contributed by atoms with Gasteiger partial charge in [-0.1, -0.05) is 41.4 Å². The molecular formula is C24H16Cl2N4O2. The summed E-state index contributed by atoms with van der Waals surface area (Å²) in [5.41, 5.74) is 2.00. The van der Waals surface area contributed by atoms with Gasteiger partial charge in [0.25, 0.3) is 5.91 Å². The summed E-state index contributed by atoms with van der Waals surface area (Å²) in [6, 6.07) is 21.4. The average Bonchev–Trinajstić information content (AvgIpc) is 3.40. The van der Waals surface area contributed by atoms with Gasteiger partial charge in [0, 0.05) is 22.7 Å². The number of para-hydroxylation sites is 1. The predicted octanol–water partition coefficient (Wildman–Crippen LogP) is 6.29. The number of rotatable bonds is 5. The zero-order valence-corrected chi connectivity index (χ0v) is 18.4. The van der Waals surface area contributed by atoms with Crippen LogP contribution < -0.4 is 5.32 Å². The van der Waals surface area contributed by atoms with Crippen molar-refractivity contribution in [2.75, 3.05) is 5.32 Å². The molecule has 2 heterocycles. The summed E-state index contributed by atoms with van der Waals surface area (Å²) in [6.07, 6.45) is 1.37. The maximum Gasteiger partial charge on any atom is 0.267 e. The third-order valence-corrected chi connectivity index (χ3v) is 5.11. The molecule has 2 aromatic heterocycles. The Morgan fingerprint density at radius 1 is 1.12 bits per heavy atom. The number of nitrogens with one attached hydrogen (secondary N) is 1. The molecule has 0 saturated heterocycles. The number of benzene rings is 2. The highest BCUT2D eigenvalue weighted by Gasteiger charge is 2.16. The fourth-order valence-corrected chi connectivity index (χ4v) is 3.47. The second-order valence-corrected chi connectivity index (χ2v) is 7.71. The van der Waals surface area contributed by atoms with E-state index in [0.29, 0.717) is 32.9 Å². The minimum Gasteiger partial charge on any atom is -0.457 e. The number of carbonyl (C=O) groups is 1. The van der Waals surface area contributed by atoms with Crippen molar-refractivity contribution in [3.8, 4) is 23.1 Å². The number of furan rings is 1.